The predicted octanol–water partition coefficient (Wildman–Crippen LogP) is 2.18. The Morgan fingerprint density at radius 1 is 0.880 bits per heavy atom. The summed E-state index contributed by atoms with van der Waals surface area (Å²) in [5, 5.41) is 2.15. The third-order valence-electron chi connectivity index (χ3n) is 3.40. The summed E-state index contributed by atoms with van der Waals surface area (Å²) < 4.78 is 10.3. The second-order valence-electron chi connectivity index (χ2n) is 5.41. The molecule has 130 valence electrons. The zero-order chi connectivity index (χ0) is 18.2. The van der Waals surface area contributed by atoms with Crippen LogP contribution in [0.2, 0.25) is 0 Å². The van der Waals surface area contributed by atoms with Crippen molar-refractivity contribution in [3.8, 4) is 5.75 Å². The summed E-state index contributed by atoms with van der Waals surface area (Å²) in [5.74, 6) is -1.32. The lowest BCUT2D eigenvalue weighted by Crippen LogP contribution is -2.34. The average molecular weight is 341 g/mol. The number of hydrogen-bond acceptors (Lipinski definition) is 5. The predicted molar refractivity (Wildman–Crippen MR) is 91.3 cm³/mol. The molecule has 0 bridgehead atoms. The first-order valence-electron chi connectivity index (χ1n) is 7.71. The molecule has 2 amide bonds. The third-order valence-corrected chi connectivity index (χ3v) is 3.40. The monoisotopic (exact) mass is 341 g/mol. The molecule has 2 aromatic carbocycles. The normalized spacial score (nSPS) is 10.0. The van der Waals surface area contributed by atoms with Gasteiger partial charge >= 0.3 is 5.97 Å². The molecule has 0 aliphatic carbocycles. The van der Waals surface area contributed by atoms with Crippen LogP contribution in [0.4, 0.5) is 0 Å². The van der Waals surface area contributed by atoms with Gasteiger partial charge in [-0.1, -0.05) is 36.4 Å². The molecule has 0 radical (unpaired) electrons. The Morgan fingerprint density at radius 2 is 1.52 bits per heavy atom. The Balaban J connectivity index is 1.76. The smallest absolute Gasteiger partial charge is 0.344 e. The van der Waals surface area contributed by atoms with Crippen molar-refractivity contribution in [1.82, 2.24) is 5.32 Å². The van der Waals surface area contributed by atoms with E-state index in [9.17, 15) is 14.4 Å². The highest BCUT2D eigenvalue weighted by Gasteiger charge is 2.13. The molecule has 0 fully saturated rings. The molecule has 0 spiro atoms. The summed E-state index contributed by atoms with van der Waals surface area (Å²) in [4.78, 5) is 35.1. The number of imide groups is 1. The van der Waals surface area contributed by atoms with Gasteiger partial charge in [0.1, 0.15) is 5.75 Å². The van der Waals surface area contributed by atoms with Crippen molar-refractivity contribution in [3.63, 3.8) is 0 Å². The molecule has 6 heteroatoms. The number of carbonyl (C=O) groups is 3. The molecule has 0 heterocycles. The molecule has 1 N–H and O–H groups in total. The number of carbonyl (C=O) groups excluding carboxylic acids is 3. The van der Waals surface area contributed by atoms with Crippen LogP contribution < -0.4 is 10.1 Å². The number of esters is 1. The van der Waals surface area contributed by atoms with Crippen LogP contribution >= 0.6 is 0 Å². The fourth-order valence-electron chi connectivity index (χ4n) is 2.17. The van der Waals surface area contributed by atoms with Gasteiger partial charge in [-0.2, -0.15) is 0 Å². The molecule has 2 rings (SSSR count). The minimum atomic E-state index is -0.700. The van der Waals surface area contributed by atoms with Crippen LogP contribution in [0.5, 0.6) is 5.75 Å². The van der Waals surface area contributed by atoms with E-state index in [-0.39, 0.29) is 6.61 Å². The van der Waals surface area contributed by atoms with E-state index in [1.165, 1.54) is 0 Å². The van der Waals surface area contributed by atoms with E-state index in [0.29, 0.717) is 11.3 Å². The standard InChI is InChI=1S/C19H19NO5/c1-13-7-6-8-14(2)18(13)25-12-17(22)24-11-16(21)20-19(23)15-9-4-3-5-10-15/h3-10H,11-12H2,1-2H3,(H,20,21,23). The number of nitrogens with one attached hydrogen (secondary N) is 1. The number of aryl methyl sites for hydroxylation is 2. The lowest BCUT2D eigenvalue weighted by Gasteiger charge is -2.11. The maximum absolute atomic E-state index is 11.8. The topological polar surface area (TPSA) is 81.7 Å². The van der Waals surface area contributed by atoms with Crippen LogP contribution in [0.15, 0.2) is 48.5 Å². The lowest BCUT2D eigenvalue weighted by atomic mass is 10.1. The first-order chi connectivity index (χ1) is 12.0. The van der Waals surface area contributed by atoms with Gasteiger partial charge in [0.15, 0.2) is 13.2 Å². The van der Waals surface area contributed by atoms with E-state index in [0.717, 1.165) is 11.1 Å². The van der Waals surface area contributed by atoms with Crippen LogP contribution in [0.1, 0.15) is 21.5 Å². The first-order valence-corrected chi connectivity index (χ1v) is 7.71. The fourth-order valence-corrected chi connectivity index (χ4v) is 2.17. The molecule has 0 atom stereocenters. The highest BCUT2D eigenvalue weighted by molar-refractivity contribution is 6.05. The van der Waals surface area contributed by atoms with E-state index >= 15 is 0 Å². The van der Waals surface area contributed by atoms with Crippen molar-refractivity contribution in [2.24, 2.45) is 0 Å². The maximum Gasteiger partial charge on any atom is 0.344 e. The zero-order valence-electron chi connectivity index (χ0n) is 14.1. The quantitative estimate of drug-likeness (QED) is 0.815. The van der Waals surface area contributed by atoms with Crippen LogP contribution in [0.25, 0.3) is 0 Å². The van der Waals surface area contributed by atoms with Crippen LogP contribution in [-0.4, -0.2) is 31.0 Å². The van der Waals surface area contributed by atoms with E-state index < -0.39 is 24.4 Å². The summed E-state index contributed by atoms with van der Waals surface area (Å²) in [5.41, 5.74) is 2.15. The van der Waals surface area contributed by atoms with Crippen LogP contribution in [0.3, 0.4) is 0 Å². The van der Waals surface area contributed by atoms with E-state index in [1.54, 1.807) is 30.3 Å². The van der Waals surface area contributed by atoms with E-state index in [4.69, 9.17) is 9.47 Å². The molecule has 0 unspecified atom stereocenters. The van der Waals surface area contributed by atoms with Crippen molar-refractivity contribution in [1.29, 1.82) is 0 Å². The summed E-state index contributed by atoms with van der Waals surface area (Å²) in [7, 11) is 0. The van der Waals surface area contributed by atoms with Gasteiger partial charge in [-0.3, -0.25) is 14.9 Å². The van der Waals surface area contributed by atoms with E-state index in [1.807, 2.05) is 32.0 Å². The third kappa shape index (κ3) is 5.46. The van der Waals surface area contributed by atoms with Gasteiger partial charge in [-0.05, 0) is 37.1 Å². The molecule has 0 saturated heterocycles. The maximum atomic E-state index is 11.8. The molecule has 6 nitrogen and oxygen atoms in total. The number of amides is 2. The number of para-hydroxylation sites is 1. The van der Waals surface area contributed by atoms with Gasteiger partial charge in [0.25, 0.3) is 11.8 Å². The highest BCUT2D eigenvalue weighted by Crippen LogP contribution is 2.22. The Kier molecular flexibility index (Phi) is 6.28. The summed E-state index contributed by atoms with van der Waals surface area (Å²) in [6.07, 6.45) is 0. The van der Waals surface area contributed by atoms with Crippen LogP contribution in [-0.2, 0) is 14.3 Å². The lowest BCUT2D eigenvalue weighted by molar-refractivity contribution is -0.150. The van der Waals surface area contributed by atoms with Gasteiger partial charge in [0, 0.05) is 5.56 Å². The molecule has 0 saturated carbocycles. The Morgan fingerprint density at radius 3 is 2.16 bits per heavy atom. The number of ether oxygens (including phenoxy) is 2. The molecule has 0 aliphatic rings. The minimum absolute atomic E-state index is 0.314. The molecule has 2 aromatic rings. The number of hydrogen-bond donors (Lipinski definition) is 1. The second-order valence-corrected chi connectivity index (χ2v) is 5.41. The molecule has 25 heavy (non-hydrogen) atoms. The van der Waals surface area contributed by atoms with Crippen molar-refractivity contribution >= 4 is 17.8 Å². The van der Waals surface area contributed by atoms with Crippen molar-refractivity contribution in [3.05, 3.63) is 65.2 Å². The van der Waals surface area contributed by atoms with Gasteiger partial charge in [0.05, 0.1) is 0 Å². The van der Waals surface area contributed by atoms with E-state index in [2.05, 4.69) is 5.32 Å². The molecule has 0 aromatic heterocycles. The van der Waals surface area contributed by atoms with Crippen LogP contribution in [0, 0.1) is 13.8 Å². The number of benzene rings is 2. The summed E-state index contributed by atoms with van der Waals surface area (Å²) in [6.45, 7) is 2.88. The van der Waals surface area contributed by atoms with Crippen molar-refractivity contribution in [2.45, 2.75) is 13.8 Å². The summed E-state index contributed by atoms with van der Waals surface area (Å²) >= 11 is 0. The molecular formula is C19H19NO5. The van der Waals surface area contributed by atoms with Gasteiger partial charge < -0.3 is 9.47 Å². The first kappa shape index (κ1) is 18.2. The Labute approximate surface area is 145 Å². The Bertz CT molecular complexity index is 750. The molecule has 0 aliphatic heterocycles. The molecular weight excluding hydrogens is 322 g/mol. The average Bonchev–Trinajstić information content (AvgIpc) is 2.60. The largest absolute Gasteiger partial charge is 0.481 e. The highest BCUT2D eigenvalue weighted by atomic mass is 16.6. The van der Waals surface area contributed by atoms with Gasteiger partial charge in [-0.25, -0.2) is 4.79 Å². The minimum Gasteiger partial charge on any atom is -0.481 e. The SMILES string of the molecule is Cc1cccc(C)c1OCC(=O)OCC(=O)NC(=O)c1ccccc1. The second kappa shape index (κ2) is 8.63. The zero-order valence-corrected chi connectivity index (χ0v) is 14.1. The fraction of sp³-hybridized carbons (Fsp3) is 0.211. The van der Waals surface area contributed by atoms with Gasteiger partial charge in [0.2, 0.25) is 0 Å². The Hall–Kier alpha value is -3.15. The number of rotatable bonds is 6. The van der Waals surface area contributed by atoms with Crippen molar-refractivity contribution in [2.75, 3.05) is 13.2 Å². The summed E-state index contributed by atoms with van der Waals surface area (Å²) in [6, 6.07) is 13.9. The van der Waals surface area contributed by atoms with Gasteiger partial charge in [-0.15, -0.1) is 0 Å². The van der Waals surface area contributed by atoms with Crippen molar-refractivity contribution < 1.29 is 23.9 Å².